The molecule has 1 aliphatic heterocycles. The Morgan fingerprint density at radius 3 is 2.65 bits per heavy atom. The summed E-state index contributed by atoms with van der Waals surface area (Å²) in [6, 6.07) is 5.73. The summed E-state index contributed by atoms with van der Waals surface area (Å²) >= 11 is 1.42. The van der Waals surface area contributed by atoms with Gasteiger partial charge in [-0.25, -0.2) is 0 Å². The van der Waals surface area contributed by atoms with Gasteiger partial charge in [0.25, 0.3) is 0 Å². The monoisotopic (exact) mass is 446 g/mol. The minimum atomic E-state index is -0.376. The Kier molecular flexibility index (Phi) is 7.84. The van der Waals surface area contributed by atoms with Crippen molar-refractivity contribution in [3.63, 3.8) is 0 Å². The van der Waals surface area contributed by atoms with E-state index in [4.69, 9.17) is 9.47 Å². The zero-order chi connectivity index (χ0) is 22.4. The molecule has 0 bridgehead atoms. The van der Waals surface area contributed by atoms with Crippen molar-refractivity contribution in [2.24, 2.45) is 5.92 Å². The molecule has 3 rings (SSSR count). The average molecular weight is 447 g/mol. The second-order valence-corrected chi connectivity index (χ2v) is 8.64. The Morgan fingerprint density at radius 1 is 1.23 bits per heavy atom. The SMILES string of the molecule is CCC(CC)c1nnc(NC(=O)[C@H]2CC(=O)N(CCc3ccc(OC)c(OC)c3)C2)s1. The third-order valence-electron chi connectivity index (χ3n) is 5.71. The van der Waals surface area contributed by atoms with Crippen molar-refractivity contribution < 1.29 is 19.1 Å². The third-order valence-corrected chi connectivity index (χ3v) is 6.71. The van der Waals surface area contributed by atoms with Crippen LogP contribution >= 0.6 is 11.3 Å². The third kappa shape index (κ3) is 5.52. The number of nitrogens with zero attached hydrogens (tertiary/aromatic N) is 3. The van der Waals surface area contributed by atoms with Gasteiger partial charge in [0.2, 0.25) is 16.9 Å². The molecule has 2 aromatic rings. The van der Waals surface area contributed by atoms with Crippen molar-refractivity contribution in [1.82, 2.24) is 15.1 Å². The van der Waals surface area contributed by atoms with E-state index >= 15 is 0 Å². The van der Waals surface area contributed by atoms with Gasteiger partial charge in [0.15, 0.2) is 11.5 Å². The zero-order valence-corrected chi connectivity index (χ0v) is 19.3. The first-order valence-corrected chi connectivity index (χ1v) is 11.4. The van der Waals surface area contributed by atoms with Gasteiger partial charge in [-0.15, -0.1) is 10.2 Å². The highest BCUT2D eigenvalue weighted by Crippen LogP contribution is 2.30. The number of hydrogen-bond donors (Lipinski definition) is 1. The number of benzene rings is 1. The lowest BCUT2D eigenvalue weighted by Crippen LogP contribution is -2.30. The van der Waals surface area contributed by atoms with Crippen LogP contribution in [0.1, 0.15) is 49.6 Å². The molecular formula is C22H30N4O4S. The summed E-state index contributed by atoms with van der Waals surface area (Å²) < 4.78 is 10.6. The molecule has 1 saturated heterocycles. The molecule has 168 valence electrons. The number of carbonyl (C=O) groups excluding carboxylic acids is 2. The summed E-state index contributed by atoms with van der Waals surface area (Å²) in [5.41, 5.74) is 1.04. The maximum Gasteiger partial charge on any atom is 0.231 e. The molecule has 31 heavy (non-hydrogen) atoms. The molecule has 0 spiro atoms. The molecule has 0 radical (unpaired) electrons. The lowest BCUT2D eigenvalue weighted by Gasteiger charge is -2.17. The van der Waals surface area contributed by atoms with Crippen molar-refractivity contribution in [1.29, 1.82) is 0 Å². The van der Waals surface area contributed by atoms with Gasteiger partial charge in [-0.1, -0.05) is 31.3 Å². The zero-order valence-electron chi connectivity index (χ0n) is 18.5. The van der Waals surface area contributed by atoms with E-state index in [-0.39, 0.29) is 24.2 Å². The number of nitrogens with one attached hydrogen (secondary N) is 1. The lowest BCUT2D eigenvalue weighted by molar-refractivity contribution is -0.128. The molecule has 1 atom stereocenters. The van der Waals surface area contributed by atoms with Crippen LogP contribution in [0.15, 0.2) is 18.2 Å². The van der Waals surface area contributed by atoms with Crippen molar-refractivity contribution in [2.45, 2.75) is 45.4 Å². The molecule has 1 aromatic carbocycles. The summed E-state index contributed by atoms with van der Waals surface area (Å²) in [6.07, 6.45) is 2.88. The van der Waals surface area contributed by atoms with Crippen LogP contribution in [0, 0.1) is 5.92 Å². The highest BCUT2D eigenvalue weighted by molar-refractivity contribution is 7.15. The number of methoxy groups -OCH3 is 2. The molecule has 2 amide bonds. The molecule has 9 heteroatoms. The topological polar surface area (TPSA) is 93.7 Å². The minimum absolute atomic E-state index is 0.00407. The molecule has 1 aromatic heterocycles. The number of hydrogen-bond acceptors (Lipinski definition) is 7. The Morgan fingerprint density at radius 2 is 1.97 bits per heavy atom. The Hall–Kier alpha value is -2.68. The first kappa shape index (κ1) is 23.0. The first-order chi connectivity index (χ1) is 15.0. The summed E-state index contributed by atoms with van der Waals surface area (Å²) in [5, 5.41) is 12.6. The normalized spacial score (nSPS) is 16.1. The highest BCUT2D eigenvalue weighted by Gasteiger charge is 2.34. The number of likely N-dealkylation sites (tertiary alicyclic amines) is 1. The van der Waals surface area contributed by atoms with Crippen LogP contribution < -0.4 is 14.8 Å². The Balaban J connectivity index is 1.54. The van der Waals surface area contributed by atoms with Crippen LogP contribution in [0.5, 0.6) is 11.5 Å². The largest absolute Gasteiger partial charge is 0.493 e. The van der Waals surface area contributed by atoms with E-state index in [2.05, 4.69) is 29.4 Å². The van der Waals surface area contributed by atoms with Crippen LogP contribution in [0.4, 0.5) is 5.13 Å². The molecule has 0 aliphatic carbocycles. The summed E-state index contributed by atoms with van der Waals surface area (Å²) in [7, 11) is 3.19. The average Bonchev–Trinajstić information content (AvgIpc) is 3.39. The molecule has 8 nitrogen and oxygen atoms in total. The van der Waals surface area contributed by atoms with Crippen LogP contribution in [-0.2, 0) is 16.0 Å². The van der Waals surface area contributed by atoms with E-state index in [1.807, 2.05) is 18.2 Å². The van der Waals surface area contributed by atoms with E-state index in [0.29, 0.717) is 42.1 Å². The van der Waals surface area contributed by atoms with Crippen molar-refractivity contribution in [3.05, 3.63) is 28.8 Å². The maximum absolute atomic E-state index is 12.7. The number of ether oxygens (including phenoxy) is 2. The van der Waals surface area contributed by atoms with E-state index in [1.165, 1.54) is 11.3 Å². The minimum Gasteiger partial charge on any atom is -0.493 e. The fourth-order valence-corrected chi connectivity index (χ4v) is 4.77. The second-order valence-electron chi connectivity index (χ2n) is 7.63. The predicted molar refractivity (Wildman–Crippen MR) is 120 cm³/mol. The predicted octanol–water partition coefficient (Wildman–Crippen LogP) is 3.49. The summed E-state index contributed by atoms with van der Waals surface area (Å²) in [4.78, 5) is 26.9. The van der Waals surface area contributed by atoms with Gasteiger partial charge >= 0.3 is 0 Å². The van der Waals surface area contributed by atoms with Gasteiger partial charge in [-0.2, -0.15) is 0 Å². The number of carbonyl (C=O) groups is 2. The summed E-state index contributed by atoms with van der Waals surface area (Å²) in [5.74, 6) is 1.14. The van der Waals surface area contributed by atoms with Gasteiger partial charge in [-0.05, 0) is 37.0 Å². The quantitative estimate of drug-likeness (QED) is 0.600. The molecule has 1 N–H and O–H groups in total. The van der Waals surface area contributed by atoms with E-state index < -0.39 is 0 Å². The number of amides is 2. The van der Waals surface area contributed by atoms with Gasteiger partial charge in [-0.3, -0.25) is 9.59 Å². The van der Waals surface area contributed by atoms with Gasteiger partial charge in [0.1, 0.15) is 5.01 Å². The Labute approximate surface area is 186 Å². The van der Waals surface area contributed by atoms with Crippen molar-refractivity contribution in [2.75, 3.05) is 32.6 Å². The Bertz CT molecular complexity index is 913. The number of rotatable bonds is 10. The molecule has 0 saturated carbocycles. The van der Waals surface area contributed by atoms with E-state index in [9.17, 15) is 9.59 Å². The van der Waals surface area contributed by atoms with Crippen molar-refractivity contribution >= 4 is 28.3 Å². The number of aromatic nitrogens is 2. The van der Waals surface area contributed by atoms with Gasteiger partial charge in [0, 0.05) is 25.4 Å². The van der Waals surface area contributed by atoms with Gasteiger partial charge < -0.3 is 19.7 Å². The lowest BCUT2D eigenvalue weighted by atomic mass is 10.1. The standard InChI is InChI=1S/C22H30N4O4S/c1-5-15(6-2)21-24-25-22(31-21)23-20(28)16-12-19(27)26(13-16)10-9-14-7-8-17(29-3)18(11-14)30-4/h7-8,11,15-16H,5-6,9-10,12-13H2,1-4H3,(H,23,25,28)/t16-/m0/s1. The first-order valence-electron chi connectivity index (χ1n) is 10.6. The van der Waals surface area contributed by atoms with Gasteiger partial charge in [0.05, 0.1) is 20.1 Å². The second kappa shape index (κ2) is 10.6. The fraction of sp³-hybridized carbons (Fsp3) is 0.545. The molecular weight excluding hydrogens is 416 g/mol. The fourth-order valence-electron chi connectivity index (χ4n) is 3.76. The highest BCUT2D eigenvalue weighted by atomic mass is 32.1. The smallest absolute Gasteiger partial charge is 0.231 e. The van der Waals surface area contributed by atoms with Crippen LogP contribution in [0.2, 0.25) is 0 Å². The maximum atomic E-state index is 12.7. The van der Waals surface area contributed by atoms with Crippen LogP contribution in [0.3, 0.4) is 0 Å². The van der Waals surface area contributed by atoms with Crippen molar-refractivity contribution in [3.8, 4) is 11.5 Å². The summed E-state index contributed by atoms with van der Waals surface area (Å²) in [6.45, 7) is 5.20. The molecule has 1 fully saturated rings. The number of anilines is 1. The molecule has 0 unspecified atom stereocenters. The molecule has 1 aliphatic rings. The van der Waals surface area contributed by atoms with E-state index in [1.54, 1.807) is 19.1 Å². The van der Waals surface area contributed by atoms with Crippen LogP contribution in [-0.4, -0.2) is 54.2 Å². The van der Waals surface area contributed by atoms with E-state index in [0.717, 1.165) is 23.4 Å². The molecule has 2 heterocycles. The van der Waals surface area contributed by atoms with Crippen LogP contribution in [0.25, 0.3) is 0 Å².